The molecule has 1 aliphatic rings. The lowest BCUT2D eigenvalue weighted by atomic mass is 9.74. The zero-order valence-corrected chi connectivity index (χ0v) is 16.0. The topological polar surface area (TPSA) is 41.1 Å². The average Bonchev–Trinajstić information content (AvgIpc) is 2.53. The Balaban J connectivity index is 0.00000264. The molecule has 1 fully saturated rings. The summed E-state index contributed by atoms with van der Waals surface area (Å²) in [7, 11) is 0. The summed E-state index contributed by atoms with van der Waals surface area (Å²) in [4.78, 5) is 13.0. The first-order chi connectivity index (χ1) is 10.5. The van der Waals surface area contributed by atoms with Crippen LogP contribution in [0.5, 0.6) is 0 Å². The van der Waals surface area contributed by atoms with Crippen molar-refractivity contribution in [1.29, 1.82) is 0 Å². The molecule has 0 aliphatic carbocycles. The fourth-order valence-corrected chi connectivity index (χ4v) is 3.49. The van der Waals surface area contributed by atoms with Crippen molar-refractivity contribution in [1.82, 2.24) is 10.6 Å². The standard InChI is InChI=1S/C17H24Cl2N2O.ClH/c1-3-17(4-2,12-5-6-14(18)15(19)11-12)16(22)21-13-7-9-20-10-8-13;/h5-6,11,13,20H,3-4,7-10H2,1-2H3,(H,21,22);1H. The molecule has 23 heavy (non-hydrogen) atoms. The number of hydrogen-bond acceptors (Lipinski definition) is 2. The van der Waals surface area contributed by atoms with E-state index in [0.717, 1.165) is 44.3 Å². The normalized spacial score (nSPS) is 15.8. The van der Waals surface area contributed by atoms with Crippen molar-refractivity contribution < 1.29 is 4.79 Å². The van der Waals surface area contributed by atoms with Crippen LogP contribution in [0, 0.1) is 0 Å². The van der Waals surface area contributed by atoms with Gasteiger partial charge in [-0.05, 0) is 56.5 Å². The summed E-state index contributed by atoms with van der Waals surface area (Å²) < 4.78 is 0. The van der Waals surface area contributed by atoms with Crippen molar-refractivity contribution in [2.24, 2.45) is 0 Å². The molecule has 1 aromatic carbocycles. The predicted octanol–water partition coefficient (Wildman–Crippen LogP) is 4.34. The summed E-state index contributed by atoms with van der Waals surface area (Å²) in [6.45, 7) is 6.02. The van der Waals surface area contributed by atoms with Gasteiger partial charge in [0.15, 0.2) is 0 Å². The van der Waals surface area contributed by atoms with Crippen LogP contribution in [0.4, 0.5) is 0 Å². The van der Waals surface area contributed by atoms with Gasteiger partial charge in [-0.1, -0.05) is 43.1 Å². The van der Waals surface area contributed by atoms with E-state index in [9.17, 15) is 4.79 Å². The maximum absolute atomic E-state index is 13.0. The van der Waals surface area contributed by atoms with E-state index in [-0.39, 0.29) is 24.4 Å². The molecule has 0 saturated carbocycles. The van der Waals surface area contributed by atoms with Gasteiger partial charge in [0, 0.05) is 6.04 Å². The molecule has 1 aromatic rings. The number of nitrogens with one attached hydrogen (secondary N) is 2. The van der Waals surface area contributed by atoms with Gasteiger partial charge in [0.2, 0.25) is 5.91 Å². The number of amides is 1. The molecule has 0 bridgehead atoms. The first-order valence-corrected chi connectivity index (χ1v) is 8.76. The summed E-state index contributed by atoms with van der Waals surface area (Å²) in [5.74, 6) is 0.0998. The maximum Gasteiger partial charge on any atom is 0.230 e. The summed E-state index contributed by atoms with van der Waals surface area (Å²) in [6, 6.07) is 5.79. The number of carbonyl (C=O) groups excluding carboxylic acids is 1. The van der Waals surface area contributed by atoms with Crippen molar-refractivity contribution in [3.05, 3.63) is 33.8 Å². The second-order valence-corrected chi connectivity index (χ2v) is 6.73. The SMILES string of the molecule is CCC(CC)(C(=O)NC1CCNCC1)c1ccc(Cl)c(Cl)c1.Cl. The third-order valence-electron chi connectivity index (χ3n) is 4.79. The minimum atomic E-state index is -0.543. The third-order valence-corrected chi connectivity index (χ3v) is 5.53. The molecule has 0 atom stereocenters. The fourth-order valence-electron chi connectivity index (χ4n) is 3.19. The monoisotopic (exact) mass is 378 g/mol. The van der Waals surface area contributed by atoms with E-state index >= 15 is 0 Å². The van der Waals surface area contributed by atoms with Gasteiger partial charge in [-0.15, -0.1) is 12.4 Å². The molecular formula is C17H25Cl3N2O. The van der Waals surface area contributed by atoms with E-state index in [1.54, 1.807) is 6.07 Å². The van der Waals surface area contributed by atoms with Crippen LogP contribution in [0.25, 0.3) is 0 Å². The van der Waals surface area contributed by atoms with Gasteiger partial charge in [0.25, 0.3) is 0 Å². The minimum absolute atomic E-state index is 0. The van der Waals surface area contributed by atoms with Gasteiger partial charge in [-0.3, -0.25) is 4.79 Å². The molecule has 6 heteroatoms. The molecule has 1 amide bonds. The van der Waals surface area contributed by atoms with E-state index in [0.29, 0.717) is 10.0 Å². The molecular weight excluding hydrogens is 355 g/mol. The highest BCUT2D eigenvalue weighted by Crippen LogP contribution is 2.35. The van der Waals surface area contributed by atoms with Crippen LogP contribution in [-0.4, -0.2) is 25.0 Å². The van der Waals surface area contributed by atoms with Crippen molar-refractivity contribution in [2.45, 2.75) is 51.0 Å². The Hall–Kier alpha value is -0.480. The molecule has 0 aromatic heterocycles. The maximum atomic E-state index is 13.0. The van der Waals surface area contributed by atoms with Crippen LogP contribution in [0.15, 0.2) is 18.2 Å². The molecule has 1 heterocycles. The van der Waals surface area contributed by atoms with Crippen molar-refractivity contribution in [3.8, 4) is 0 Å². The summed E-state index contributed by atoms with van der Waals surface area (Å²) in [5.41, 5.74) is 0.400. The Morgan fingerprint density at radius 3 is 2.35 bits per heavy atom. The highest BCUT2D eigenvalue weighted by molar-refractivity contribution is 6.42. The fraction of sp³-hybridized carbons (Fsp3) is 0.588. The van der Waals surface area contributed by atoms with Crippen LogP contribution in [-0.2, 0) is 10.2 Å². The first kappa shape index (κ1) is 20.6. The molecule has 130 valence electrons. The van der Waals surface area contributed by atoms with Crippen LogP contribution in [0.2, 0.25) is 10.0 Å². The van der Waals surface area contributed by atoms with Gasteiger partial charge in [-0.25, -0.2) is 0 Å². The second-order valence-electron chi connectivity index (χ2n) is 5.92. The van der Waals surface area contributed by atoms with Crippen molar-refractivity contribution >= 4 is 41.5 Å². The van der Waals surface area contributed by atoms with E-state index in [2.05, 4.69) is 10.6 Å². The number of benzene rings is 1. The zero-order valence-electron chi connectivity index (χ0n) is 13.6. The number of hydrogen-bond donors (Lipinski definition) is 2. The van der Waals surface area contributed by atoms with E-state index in [1.807, 2.05) is 26.0 Å². The Morgan fingerprint density at radius 2 is 1.83 bits per heavy atom. The first-order valence-electron chi connectivity index (χ1n) is 8.00. The summed E-state index contributed by atoms with van der Waals surface area (Å²) in [5, 5.41) is 7.57. The molecule has 0 spiro atoms. The quantitative estimate of drug-likeness (QED) is 0.799. The zero-order chi connectivity index (χ0) is 16.2. The number of carbonyl (C=O) groups is 1. The van der Waals surface area contributed by atoms with Gasteiger partial charge >= 0.3 is 0 Å². The van der Waals surface area contributed by atoms with Gasteiger partial charge < -0.3 is 10.6 Å². The molecule has 0 radical (unpaired) electrons. The van der Waals surface area contributed by atoms with E-state index < -0.39 is 5.41 Å². The Kier molecular flexibility index (Phi) is 8.15. The van der Waals surface area contributed by atoms with Crippen molar-refractivity contribution in [3.63, 3.8) is 0 Å². The number of piperidine rings is 1. The van der Waals surface area contributed by atoms with Crippen LogP contribution in [0.3, 0.4) is 0 Å². The lowest BCUT2D eigenvalue weighted by Crippen LogP contribution is -2.50. The van der Waals surface area contributed by atoms with Crippen molar-refractivity contribution in [2.75, 3.05) is 13.1 Å². The molecule has 2 N–H and O–H groups in total. The highest BCUT2D eigenvalue weighted by Gasteiger charge is 2.38. The average molecular weight is 380 g/mol. The van der Waals surface area contributed by atoms with Gasteiger partial charge in [-0.2, -0.15) is 0 Å². The Morgan fingerprint density at radius 1 is 1.22 bits per heavy atom. The summed E-state index contributed by atoms with van der Waals surface area (Å²) in [6.07, 6.45) is 3.43. The van der Waals surface area contributed by atoms with Crippen LogP contribution in [0.1, 0.15) is 45.1 Å². The molecule has 0 unspecified atom stereocenters. The van der Waals surface area contributed by atoms with Gasteiger partial charge in [0.1, 0.15) is 0 Å². The highest BCUT2D eigenvalue weighted by atomic mass is 35.5. The third kappa shape index (κ3) is 4.54. The summed E-state index contributed by atoms with van der Waals surface area (Å²) >= 11 is 12.2. The molecule has 1 saturated heterocycles. The number of rotatable bonds is 5. The smallest absolute Gasteiger partial charge is 0.230 e. The van der Waals surface area contributed by atoms with E-state index in [4.69, 9.17) is 23.2 Å². The Labute approximate surface area is 154 Å². The van der Waals surface area contributed by atoms with Crippen LogP contribution < -0.4 is 10.6 Å². The lowest BCUT2D eigenvalue weighted by Gasteiger charge is -2.34. The lowest BCUT2D eigenvalue weighted by molar-refractivity contribution is -0.128. The van der Waals surface area contributed by atoms with Gasteiger partial charge in [0.05, 0.1) is 15.5 Å². The minimum Gasteiger partial charge on any atom is -0.353 e. The van der Waals surface area contributed by atoms with E-state index in [1.165, 1.54) is 0 Å². The molecule has 2 rings (SSSR count). The predicted molar refractivity (Wildman–Crippen MR) is 100 cm³/mol. The Bertz CT molecular complexity index is 527. The largest absolute Gasteiger partial charge is 0.353 e. The molecule has 3 nitrogen and oxygen atoms in total. The number of halogens is 3. The van der Waals surface area contributed by atoms with Crippen LogP contribution >= 0.6 is 35.6 Å². The molecule has 1 aliphatic heterocycles. The second kappa shape index (κ2) is 9.12.